The summed E-state index contributed by atoms with van der Waals surface area (Å²) >= 11 is 0. The molecule has 1 aliphatic carbocycles. The Hall–Kier alpha value is -1.64. The predicted octanol–water partition coefficient (Wildman–Crippen LogP) is 3.50. The van der Waals surface area contributed by atoms with Crippen LogP contribution in [0.2, 0.25) is 0 Å². The quantitative estimate of drug-likeness (QED) is 0.652. The molecule has 1 saturated carbocycles. The Morgan fingerprint density at radius 3 is 2.53 bits per heavy atom. The molecule has 1 aromatic carbocycles. The van der Waals surface area contributed by atoms with Gasteiger partial charge in [0.2, 0.25) is 5.91 Å². The standard InChI is InChI=1S/C16H22N2O/c1-2-15(13-9-5-3-6-10-13)17-18-16(19)14-11-7-4-8-12-14/h3,5-6,9-10,14H,2,4,7-8,11-12H2,1H3,(H,18,19). The van der Waals surface area contributed by atoms with Gasteiger partial charge in [0.1, 0.15) is 0 Å². The Morgan fingerprint density at radius 1 is 1.21 bits per heavy atom. The fraction of sp³-hybridized carbons (Fsp3) is 0.500. The first-order chi connectivity index (χ1) is 9.31. The van der Waals surface area contributed by atoms with Gasteiger partial charge in [0.25, 0.3) is 0 Å². The van der Waals surface area contributed by atoms with E-state index in [-0.39, 0.29) is 11.8 Å². The maximum atomic E-state index is 12.0. The fourth-order valence-electron chi connectivity index (χ4n) is 2.56. The molecule has 19 heavy (non-hydrogen) atoms. The van der Waals surface area contributed by atoms with Crippen LogP contribution < -0.4 is 5.43 Å². The molecule has 1 aliphatic rings. The Kier molecular flexibility index (Phi) is 5.13. The summed E-state index contributed by atoms with van der Waals surface area (Å²) in [4.78, 5) is 12.0. The SMILES string of the molecule is CCC(=NNC(=O)C1CCCCC1)c1ccccc1. The third kappa shape index (κ3) is 3.91. The number of nitrogens with zero attached hydrogens (tertiary/aromatic N) is 1. The van der Waals surface area contributed by atoms with Crippen molar-refractivity contribution in [3.63, 3.8) is 0 Å². The van der Waals surface area contributed by atoms with E-state index in [4.69, 9.17) is 0 Å². The minimum Gasteiger partial charge on any atom is -0.273 e. The number of amides is 1. The van der Waals surface area contributed by atoms with Crippen LogP contribution in [0, 0.1) is 5.92 Å². The first kappa shape index (κ1) is 13.8. The van der Waals surface area contributed by atoms with Gasteiger partial charge in [0.05, 0.1) is 5.71 Å². The van der Waals surface area contributed by atoms with E-state index in [1.165, 1.54) is 19.3 Å². The van der Waals surface area contributed by atoms with Crippen LogP contribution in [0.4, 0.5) is 0 Å². The monoisotopic (exact) mass is 258 g/mol. The molecule has 0 radical (unpaired) electrons. The maximum absolute atomic E-state index is 12.0. The second-order valence-corrected chi connectivity index (χ2v) is 5.09. The molecule has 0 atom stereocenters. The van der Waals surface area contributed by atoms with E-state index in [0.29, 0.717) is 0 Å². The molecule has 0 aliphatic heterocycles. The molecule has 0 unspecified atom stereocenters. The van der Waals surface area contributed by atoms with E-state index in [1.54, 1.807) is 0 Å². The zero-order valence-electron chi connectivity index (χ0n) is 11.6. The lowest BCUT2D eigenvalue weighted by Gasteiger charge is -2.19. The van der Waals surface area contributed by atoms with Crippen LogP contribution in [0.15, 0.2) is 35.4 Å². The highest BCUT2D eigenvalue weighted by Crippen LogP contribution is 2.23. The van der Waals surface area contributed by atoms with Crippen LogP contribution in [-0.2, 0) is 4.79 Å². The van der Waals surface area contributed by atoms with Crippen LogP contribution in [-0.4, -0.2) is 11.6 Å². The van der Waals surface area contributed by atoms with Crippen LogP contribution in [0.25, 0.3) is 0 Å². The van der Waals surface area contributed by atoms with Crippen molar-refractivity contribution >= 4 is 11.6 Å². The number of hydrogen-bond acceptors (Lipinski definition) is 2. The molecule has 0 bridgehead atoms. The van der Waals surface area contributed by atoms with Crippen molar-refractivity contribution in [2.24, 2.45) is 11.0 Å². The van der Waals surface area contributed by atoms with Crippen LogP contribution in [0.3, 0.4) is 0 Å². The third-order valence-corrected chi connectivity index (χ3v) is 3.72. The third-order valence-electron chi connectivity index (χ3n) is 3.72. The number of carbonyl (C=O) groups is 1. The molecular formula is C16H22N2O. The highest BCUT2D eigenvalue weighted by molar-refractivity contribution is 6.00. The Bertz CT molecular complexity index is 433. The minimum atomic E-state index is 0.0848. The van der Waals surface area contributed by atoms with Gasteiger partial charge in [0.15, 0.2) is 0 Å². The summed E-state index contributed by atoms with van der Waals surface area (Å²) < 4.78 is 0. The van der Waals surface area contributed by atoms with Crippen molar-refractivity contribution in [1.29, 1.82) is 0 Å². The van der Waals surface area contributed by atoms with Crippen molar-refractivity contribution in [2.75, 3.05) is 0 Å². The van der Waals surface area contributed by atoms with Crippen molar-refractivity contribution in [1.82, 2.24) is 5.43 Å². The van der Waals surface area contributed by atoms with Crippen molar-refractivity contribution in [2.45, 2.75) is 45.4 Å². The number of rotatable bonds is 4. The van der Waals surface area contributed by atoms with Gasteiger partial charge < -0.3 is 0 Å². The Labute approximate surface area is 115 Å². The van der Waals surface area contributed by atoms with E-state index in [2.05, 4.69) is 17.5 Å². The molecule has 1 fully saturated rings. The number of hydrogen-bond donors (Lipinski definition) is 1. The number of benzene rings is 1. The van der Waals surface area contributed by atoms with E-state index in [1.807, 2.05) is 30.3 Å². The molecule has 102 valence electrons. The van der Waals surface area contributed by atoms with Crippen LogP contribution in [0.5, 0.6) is 0 Å². The predicted molar refractivity (Wildman–Crippen MR) is 78.0 cm³/mol. The van der Waals surface area contributed by atoms with Gasteiger partial charge in [0, 0.05) is 5.92 Å². The summed E-state index contributed by atoms with van der Waals surface area (Å²) in [6.45, 7) is 2.05. The van der Waals surface area contributed by atoms with Gasteiger partial charge in [-0.15, -0.1) is 0 Å². The molecule has 1 N–H and O–H groups in total. The number of nitrogens with one attached hydrogen (secondary N) is 1. The second-order valence-electron chi connectivity index (χ2n) is 5.09. The zero-order valence-corrected chi connectivity index (χ0v) is 11.6. The van der Waals surface area contributed by atoms with Gasteiger partial charge in [-0.25, -0.2) is 5.43 Å². The fourth-order valence-corrected chi connectivity index (χ4v) is 2.56. The first-order valence-corrected chi connectivity index (χ1v) is 7.23. The minimum absolute atomic E-state index is 0.0848. The van der Waals surface area contributed by atoms with Crippen LogP contribution in [0.1, 0.15) is 51.0 Å². The van der Waals surface area contributed by atoms with Gasteiger partial charge in [-0.2, -0.15) is 5.10 Å². The summed E-state index contributed by atoms with van der Waals surface area (Å²) in [5, 5.41) is 4.30. The van der Waals surface area contributed by atoms with Gasteiger partial charge in [-0.3, -0.25) is 4.79 Å². The normalized spacial score (nSPS) is 17.2. The Morgan fingerprint density at radius 2 is 1.89 bits per heavy atom. The van der Waals surface area contributed by atoms with E-state index < -0.39 is 0 Å². The van der Waals surface area contributed by atoms with Crippen molar-refractivity contribution < 1.29 is 4.79 Å². The molecule has 1 aromatic rings. The van der Waals surface area contributed by atoms with Crippen LogP contribution >= 0.6 is 0 Å². The summed E-state index contributed by atoms with van der Waals surface area (Å²) in [5.74, 6) is 0.243. The lowest BCUT2D eigenvalue weighted by molar-refractivity contribution is -0.125. The average molecular weight is 258 g/mol. The summed E-state index contributed by atoms with van der Waals surface area (Å²) in [6, 6.07) is 10.0. The lowest BCUT2D eigenvalue weighted by Crippen LogP contribution is -2.29. The number of hydrazone groups is 1. The average Bonchev–Trinajstić information content (AvgIpc) is 2.49. The molecule has 0 spiro atoms. The maximum Gasteiger partial charge on any atom is 0.243 e. The smallest absolute Gasteiger partial charge is 0.243 e. The Balaban J connectivity index is 1.97. The van der Waals surface area contributed by atoms with Gasteiger partial charge >= 0.3 is 0 Å². The summed E-state index contributed by atoms with van der Waals surface area (Å²) in [5.41, 5.74) is 4.76. The molecule has 0 heterocycles. The highest BCUT2D eigenvalue weighted by atomic mass is 16.2. The van der Waals surface area contributed by atoms with Gasteiger partial charge in [-0.1, -0.05) is 56.5 Å². The molecule has 0 aromatic heterocycles. The van der Waals surface area contributed by atoms with Crippen molar-refractivity contribution in [3.8, 4) is 0 Å². The molecule has 1 amide bonds. The topological polar surface area (TPSA) is 41.5 Å². The molecule has 0 saturated heterocycles. The van der Waals surface area contributed by atoms with Gasteiger partial charge in [-0.05, 0) is 24.8 Å². The first-order valence-electron chi connectivity index (χ1n) is 7.23. The summed E-state index contributed by atoms with van der Waals surface area (Å²) in [6.07, 6.45) is 6.43. The zero-order chi connectivity index (χ0) is 13.5. The molecule has 3 heteroatoms. The largest absolute Gasteiger partial charge is 0.273 e. The van der Waals surface area contributed by atoms with Crippen molar-refractivity contribution in [3.05, 3.63) is 35.9 Å². The summed E-state index contributed by atoms with van der Waals surface area (Å²) in [7, 11) is 0. The second kappa shape index (κ2) is 7.07. The van der Waals surface area contributed by atoms with E-state index >= 15 is 0 Å². The van der Waals surface area contributed by atoms with E-state index in [9.17, 15) is 4.79 Å². The highest BCUT2D eigenvalue weighted by Gasteiger charge is 2.20. The molecule has 2 rings (SSSR count). The lowest BCUT2D eigenvalue weighted by atomic mass is 9.89. The number of carbonyl (C=O) groups excluding carboxylic acids is 1. The van der Waals surface area contributed by atoms with E-state index in [0.717, 1.165) is 30.5 Å². The molecule has 3 nitrogen and oxygen atoms in total. The molecular weight excluding hydrogens is 236 g/mol.